The van der Waals surface area contributed by atoms with Crippen LogP contribution in [0.1, 0.15) is 5.56 Å². The van der Waals surface area contributed by atoms with Crippen molar-refractivity contribution >= 4 is 0 Å². The van der Waals surface area contributed by atoms with Crippen LogP contribution in [0.25, 0.3) is 0 Å². The van der Waals surface area contributed by atoms with Crippen LogP contribution in [0.4, 0.5) is 8.78 Å². The minimum Gasteiger partial charge on any atom is -0.493 e. The van der Waals surface area contributed by atoms with Gasteiger partial charge in [-0.25, -0.2) is 8.78 Å². The molecule has 0 aromatic heterocycles. The molecule has 0 aliphatic rings. The number of halogens is 2. The summed E-state index contributed by atoms with van der Waals surface area (Å²) >= 11 is 0. The zero-order chi connectivity index (χ0) is 9.84. The van der Waals surface area contributed by atoms with Crippen molar-refractivity contribution in [2.75, 3.05) is 14.2 Å². The summed E-state index contributed by atoms with van der Waals surface area (Å²) in [6, 6.07) is 2.24. The van der Waals surface area contributed by atoms with E-state index in [-0.39, 0.29) is 17.1 Å². The molecule has 0 unspecified atom stereocenters. The van der Waals surface area contributed by atoms with Crippen molar-refractivity contribution in [2.24, 2.45) is 0 Å². The monoisotopic (exact) mass is 188 g/mol. The fraction of sp³-hybridized carbons (Fsp3) is 0.333. The average molecular weight is 188 g/mol. The van der Waals surface area contributed by atoms with E-state index in [1.165, 1.54) is 14.2 Å². The summed E-state index contributed by atoms with van der Waals surface area (Å²) in [5.74, 6) is -0.0909. The molecule has 4 heteroatoms. The molecule has 1 aromatic rings. The first-order chi connectivity index (χ1) is 6.22. The third-order valence-corrected chi connectivity index (χ3v) is 1.66. The number of methoxy groups -OCH3 is 2. The lowest BCUT2D eigenvalue weighted by Crippen LogP contribution is -1.96. The van der Waals surface area contributed by atoms with E-state index in [9.17, 15) is 8.78 Å². The number of rotatable bonds is 3. The Morgan fingerprint density at radius 2 is 1.92 bits per heavy atom. The molecule has 0 atom stereocenters. The van der Waals surface area contributed by atoms with E-state index in [4.69, 9.17) is 9.47 Å². The zero-order valence-electron chi connectivity index (χ0n) is 7.43. The summed E-state index contributed by atoms with van der Waals surface area (Å²) in [6.07, 6.45) is 0. The van der Waals surface area contributed by atoms with Crippen molar-refractivity contribution in [1.29, 1.82) is 0 Å². The zero-order valence-corrected chi connectivity index (χ0v) is 7.43. The minimum absolute atomic E-state index is 0.152. The Hall–Kier alpha value is -1.32. The second-order valence-corrected chi connectivity index (χ2v) is 2.43. The SMILES string of the molecule is COc1cc(F)cc(CF)c1OC. The van der Waals surface area contributed by atoms with Crippen LogP contribution in [-0.2, 0) is 6.67 Å². The molecule has 0 fully saturated rings. The summed E-state index contributed by atoms with van der Waals surface area (Å²) in [4.78, 5) is 0. The van der Waals surface area contributed by atoms with Crippen molar-refractivity contribution in [1.82, 2.24) is 0 Å². The first-order valence-corrected chi connectivity index (χ1v) is 3.69. The second-order valence-electron chi connectivity index (χ2n) is 2.43. The summed E-state index contributed by atoms with van der Waals surface area (Å²) in [6.45, 7) is -0.780. The van der Waals surface area contributed by atoms with E-state index in [0.29, 0.717) is 0 Å². The third kappa shape index (κ3) is 1.88. The van der Waals surface area contributed by atoms with Gasteiger partial charge in [0.2, 0.25) is 0 Å². The van der Waals surface area contributed by atoms with Crippen molar-refractivity contribution in [3.8, 4) is 11.5 Å². The number of alkyl halides is 1. The maximum absolute atomic E-state index is 12.8. The molecule has 0 N–H and O–H groups in total. The normalized spacial score (nSPS) is 9.85. The number of hydrogen-bond acceptors (Lipinski definition) is 2. The quantitative estimate of drug-likeness (QED) is 0.724. The lowest BCUT2D eigenvalue weighted by Gasteiger charge is -2.10. The molecule has 0 saturated carbocycles. The van der Waals surface area contributed by atoms with E-state index < -0.39 is 12.5 Å². The van der Waals surface area contributed by atoms with E-state index in [1.807, 2.05) is 0 Å². The van der Waals surface area contributed by atoms with E-state index >= 15 is 0 Å². The molecule has 0 bridgehead atoms. The molecule has 13 heavy (non-hydrogen) atoms. The molecule has 0 spiro atoms. The molecule has 0 amide bonds. The van der Waals surface area contributed by atoms with Crippen LogP contribution in [0.5, 0.6) is 11.5 Å². The van der Waals surface area contributed by atoms with Gasteiger partial charge >= 0.3 is 0 Å². The van der Waals surface area contributed by atoms with Crippen molar-refractivity contribution in [2.45, 2.75) is 6.67 Å². The third-order valence-electron chi connectivity index (χ3n) is 1.66. The van der Waals surface area contributed by atoms with Crippen molar-refractivity contribution < 1.29 is 18.3 Å². The Kier molecular flexibility index (Phi) is 3.06. The molecular formula is C9H10F2O2. The van der Waals surface area contributed by atoms with Gasteiger partial charge in [-0.1, -0.05) is 0 Å². The summed E-state index contributed by atoms with van der Waals surface area (Å²) < 4.78 is 34.9. The first kappa shape index (κ1) is 9.77. The van der Waals surface area contributed by atoms with E-state index in [0.717, 1.165) is 12.1 Å². The predicted octanol–water partition coefficient (Wildman–Crippen LogP) is 2.31. The Morgan fingerprint density at radius 3 is 2.38 bits per heavy atom. The minimum atomic E-state index is -0.780. The molecular weight excluding hydrogens is 178 g/mol. The molecule has 0 aliphatic carbocycles. The van der Waals surface area contributed by atoms with Gasteiger partial charge in [-0.2, -0.15) is 0 Å². The number of benzene rings is 1. The van der Waals surface area contributed by atoms with E-state index in [2.05, 4.69) is 0 Å². The van der Waals surface area contributed by atoms with Gasteiger partial charge in [0, 0.05) is 11.6 Å². The highest BCUT2D eigenvalue weighted by atomic mass is 19.1. The van der Waals surface area contributed by atoms with Gasteiger partial charge in [0.25, 0.3) is 0 Å². The first-order valence-electron chi connectivity index (χ1n) is 3.69. The number of hydrogen-bond donors (Lipinski definition) is 0. The summed E-state index contributed by atoms with van der Waals surface area (Å²) in [5, 5.41) is 0. The van der Waals surface area contributed by atoms with Crippen LogP contribution in [0.15, 0.2) is 12.1 Å². The van der Waals surface area contributed by atoms with Crippen molar-refractivity contribution in [3.05, 3.63) is 23.5 Å². The van der Waals surface area contributed by atoms with Crippen LogP contribution in [0.2, 0.25) is 0 Å². The van der Waals surface area contributed by atoms with Gasteiger partial charge in [0.1, 0.15) is 12.5 Å². The highest BCUT2D eigenvalue weighted by molar-refractivity contribution is 5.46. The molecule has 0 radical (unpaired) electrons. The Bertz CT molecular complexity index is 275. The summed E-state index contributed by atoms with van der Waals surface area (Å²) in [7, 11) is 2.76. The second kappa shape index (κ2) is 4.07. The predicted molar refractivity (Wildman–Crippen MR) is 44.3 cm³/mol. The standard InChI is InChI=1S/C9H10F2O2/c1-12-8-4-7(11)3-6(5-10)9(8)13-2/h3-4H,5H2,1-2H3. The molecule has 72 valence electrons. The average Bonchev–Trinajstić information content (AvgIpc) is 2.16. The topological polar surface area (TPSA) is 18.5 Å². The fourth-order valence-electron chi connectivity index (χ4n) is 1.11. The van der Waals surface area contributed by atoms with Gasteiger partial charge in [0.15, 0.2) is 11.5 Å². The molecule has 0 saturated heterocycles. The Morgan fingerprint density at radius 1 is 1.23 bits per heavy atom. The van der Waals surface area contributed by atoms with Gasteiger partial charge in [0.05, 0.1) is 14.2 Å². The largest absolute Gasteiger partial charge is 0.493 e. The molecule has 2 nitrogen and oxygen atoms in total. The molecule has 1 aromatic carbocycles. The van der Waals surface area contributed by atoms with Crippen molar-refractivity contribution in [3.63, 3.8) is 0 Å². The van der Waals surface area contributed by atoms with Gasteiger partial charge in [-0.3, -0.25) is 0 Å². The molecule has 1 rings (SSSR count). The lowest BCUT2D eigenvalue weighted by atomic mass is 10.2. The summed E-state index contributed by atoms with van der Waals surface area (Å²) in [5.41, 5.74) is 0.152. The Labute approximate surface area is 75.1 Å². The number of ether oxygens (including phenoxy) is 2. The highest BCUT2D eigenvalue weighted by Crippen LogP contribution is 2.32. The Balaban J connectivity index is 3.25. The molecule has 0 heterocycles. The van der Waals surface area contributed by atoms with Gasteiger partial charge in [-0.05, 0) is 6.07 Å². The maximum Gasteiger partial charge on any atom is 0.166 e. The smallest absolute Gasteiger partial charge is 0.166 e. The van der Waals surface area contributed by atoms with Gasteiger partial charge < -0.3 is 9.47 Å². The molecule has 0 aliphatic heterocycles. The lowest BCUT2D eigenvalue weighted by molar-refractivity contribution is 0.342. The van der Waals surface area contributed by atoms with E-state index in [1.54, 1.807) is 0 Å². The fourth-order valence-corrected chi connectivity index (χ4v) is 1.11. The van der Waals surface area contributed by atoms with Crippen LogP contribution in [-0.4, -0.2) is 14.2 Å². The van der Waals surface area contributed by atoms with Crippen LogP contribution >= 0.6 is 0 Å². The van der Waals surface area contributed by atoms with Crippen LogP contribution in [0, 0.1) is 5.82 Å². The highest BCUT2D eigenvalue weighted by Gasteiger charge is 2.11. The maximum atomic E-state index is 12.8. The van der Waals surface area contributed by atoms with Crippen LogP contribution in [0.3, 0.4) is 0 Å². The van der Waals surface area contributed by atoms with Gasteiger partial charge in [-0.15, -0.1) is 0 Å². The van der Waals surface area contributed by atoms with Crippen LogP contribution < -0.4 is 9.47 Å².